The molecule has 156 valence electrons. The lowest BCUT2D eigenvalue weighted by Gasteiger charge is -2.26. The normalized spacial score (nSPS) is 29.2. The molecule has 1 saturated carbocycles. The van der Waals surface area contributed by atoms with Gasteiger partial charge in [0.1, 0.15) is 5.82 Å². The predicted molar refractivity (Wildman–Crippen MR) is 97.3 cm³/mol. The third-order valence-corrected chi connectivity index (χ3v) is 6.33. The average Bonchev–Trinajstić information content (AvgIpc) is 3.12. The van der Waals surface area contributed by atoms with Gasteiger partial charge in [0.15, 0.2) is 0 Å². The molecule has 0 radical (unpaired) electrons. The first-order valence-corrected chi connectivity index (χ1v) is 9.83. The zero-order chi connectivity index (χ0) is 20.6. The van der Waals surface area contributed by atoms with Crippen LogP contribution in [0.2, 0.25) is 0 Å². The molecule has 0 bridgehead atoms. The molecule has 3 nitrogen and oxygen atoms in total. The van der Waals surface area contributed by atoms with Gasteiger partial charge < -0.3 is 10.0 Å². The van der Waals surface area contributed by atoms with Crippen molar-refractivity contribution in [2.24, 2.45) is 29.6 Å². The topological polar surface area (TPSA) is 40.5 Å². The Morgan fingerprint density at radius 2 is 1.79 bits per heavy atom. The minimum absolute atomic E-state index is 0.0205. The highest BCUT2D eigenvalue weighted by molar-refractivity contribution is 5.70. The Labute approximate surface area is 162 Å². The number of carboxylic acids is 1. The zero-order valence-corrected chi connectivity index (χ0v) is 16.1. The summed E-state index contributed by atoms with van der Waals surface area (Å²) < 4.78 is 54.3. The standard InChI is InChI=1S/C21H27F4NO2/c1-12(2)7-14(20(27)28)9-26-10-17-16(13-3-5-15(22)6-4-13)8-19(18(17)11-26)21(23,24)25/h3-6,12,14,16-19H,7-11H2,1-2H3,(H,27,28). The molecule has 1 heterocycles. The van der Waals surface area contributed by atoms with E-state index < -0.39 is 35.7 Å². The lowest BCUT2D eigenvalue weighted by molar-refractivity contribution is -0.184. The fourth-order valence-corrected chi connectivity index (χ4v) is 5.17. The second-order valence-corrected chi connectivity index (χ2v) is 8.75. The summed E-state index contributed by atoms with van der Waals surface area (Å²) in [6.45, 7) is 4.90. The number of aliphatic carboxylic acids is 1. The summed E-state index contributed by atoms with van der Waals surface area (Å²) in [5.41, 5.74) is 0.738. The monoisotopic (exact) mass is 401 g/mol. The second kappa shape index (κ2) is 8.01. The van der Waals surface area contributed by atoms with Gasteiger partial charge in [-0.25, -0.2) is 4.39 Å². The van der Waals surface area contributed by atoms with E-state index in [9.17, 15) is 27.5 Å². The first kappa shape index (κ1) is 21.1. The van der Waals surface area contributed by atoms with E-state index in [1.165, 1.54) is 12.1 Å². The van der Waals surface area contributed by atoms with Gasteiger partial charge in [-0.1, -0.05) is 26.0 Å². The van der Waals surface area contributed by atoms with Crippen LogP contribution in [-0.2, 0) is 4.79 Å². The summed E-state index contributed by atoms with van der Waals surface area (Å²) in [6, 6.07) is 5.75. The Morgan fingerprint density at radius 3 is 2.32 bits per heavy atom. The molecule has 0 amide bonds. The molecule has 0 spiro atoms. The lowest BCUT2D eigenvalue weighted by Crippen LogP contribution is -2.35. The Balaban J connectivity index is 1.79. The number of likely N-dealkylation sites (tertiary alicyclic amines) is 1. The summed E-state index contributed by atoms with van der Waals surface area (Å²) in [7, 11) is 0. The minimum atomic E-state index is -4.28. The van der Waals surface area contributed by atoms with E-state index in [4.69, 9.17) is 0 Å². The summed E-state index contributed by atoms with van der Waals surface area (Å²) in [4.78, 5) is 13.5. The van der Waals surface area contributed by atoms with Crippen molar-refractivity contribution in [3.8, 4) is 0 Å². The number of halogens is 4. The molecule has 2 fully saturated rings. The van der Waals surface area contributed by atoms with Gasteiger partial charge in [-0.05, 0) is 54.2 Å². The molecular formula is C21H27F4NO2. The fraction of sp³-hybridized carbons (Fsp3) is 0.667. The van der Waals surface area contributed by atoms with E-state index in [1.54, 1.807) is 12.1 Å². The van der Waals surface area contributed by atoms with Crippen LogP contribution in [0.25, 0.3) is 0 Å². The summed E-state index contributed by atoms with van der Waals surface area (Å²) in [5.74, 6) is -4.08. The highest BCUT2D eigenvalue weighted by Gasteiger charge is 2.57. The molecule has 7 heteroatoms. The van der Waals surface area contributed by atoms with E-state index >= 15 is 0 Å². The molecule has 1 aliphatic carbocycles. The summed E-state index contributed by atoms with van der Waals surface area (Å²) >= 11 is 0. The van der Waals surface area contributed by atoms with Crippen LogP contribution in [-0.4, -0.2) is 41.8 Å². The molecule has 5 unspecified atom stereocenters. The van der Waals surface area contributed by atoms with Crippen molar-refractivity contribution in [1.82, 2.24) is 4.90 Å². The highest BCUT2D eigenvalue weighted by atomic mass is 19.4. The number of rotatable bonds is 6. The minimum Gasteiger partial charge on any atom is -0.481 e. The van der Waals surface area contributed by atoms with Gasteiger partial charge in [0, 0.05) is 19.6 Å². The molecular weight excluding hydrogens is 374 g/mol. The van der Waals surface area contributed by atoms with E-state index in [0.717, 1.165) is 5.56 Å². The zero-order valence-electron chi connectivity index (χ0n) is 16.1. The lowest BCUT2D eigenvalue weighted by atomic mass is 9.86. The maximum atomic E-state index is 13.7. The number of fused-ring (bicyclic) bond motifs is 1. The second-order valence-electron chi connectivity index (χ2n) is 8.75. The van der Waals surface area contributed by atoms with Crippen LogP contribution in [0.4, 0.5) is 17.6 Å². The van der Waals surface area contributed by atoms with Crippen molar-refractivity contribution >= 4 is 5.97 Å². The molecule has 1 aromatic carbocycles. The van der Waals surface area contributed by atoms with Crippen molar-refractivity contribution in [2.75, 3.05) is 19.6 Å². The average molecular weight is 401 g/mol. The molecule has 1 aromatic rings. The van der Waals surface area contributed by atoms with E-state index in [2.05, 4.69) is 0 Å². The number of alkyl halides is 3. The number of benzene rings is 1. The molecule has 1 saturated heterocycles. The molecule has 1 N–H and O–H groups in total. The van der Waals surface area contributed by atoms with Gasteiger partial charge in [-0.15, -0.1) is 0 Å². The molecule has 1 aliphatic heterocycles. The van der Waals surface area contributed by atoms with Gasteiger partial charge in [0.2, 0.25) is 0 Å². The van der Waals surface area contributed by atoms with Crippen LogP contribution < -0.4 is 0 Å². The van der Waals surface area contributed by atoms with Crippen LogP contribution in [0.5, 0.6) is 0 Å². The van der Waals surface area contributed by atoms with E-state index in [-0.39, 0.29) is 37.3 Å². The van der Waals surface area contributed by atoms with E-state index in [1.807, 2.05) is 18.7 Å². The van der Waals surface area contributed by atoms with Crippen molar-refractivity contribution in [1.29, 1.82) is 0 Å². The number of hydrogen-bond donors (Lipinski definition) is 1. The third-order valence-electron chi connectivity index (χ3n) is 6.33. The van der Waals surface area contributed by atoms with Crippen molar-refractivity contribution in [3.05, 3.63) is 35.6 Å². The Kier molecular flexibility index (Phi) is 6.03. The number of nitrogens with zero attached hydrogens (tertiary/aromatic N) is 1. The Morgan fingerprint density at radius 1 is 1.18 bits per heavy atom. The Bertz CT molecular complexity index is 689. The molecule has 0 aromatic heterocycles. The molecule has 2 aliphatic rings. The van der Waals surface area contributed by atoms with Crippen LogP contribution in [0.15, 0.2) is 24.3 Å². The first-order valence-electron chi connectivity index (χ1n) is 9.83. The van der Waals surface area contributed by atoms with Crippen LogP contribution in [0, 0.1) is 35.4 Å². The van der Waals surface area contributed by atoms with Crippen LogP contribution >= 0.6 is 0 Å². The van der Waals surface area contributed by atoms with Gasteiger partial charge >= 0.3 is 12.1 Å². The summed E-state index contributed by atoms with van der Waals surface area (Å²) in [5, 5.41) is 9.48. The maximum absolute atomic E-state index is 13.7. The largest absolute Gasteiger partial charge is 0.481 e. The van der Waals surface area contributed by atoms with Gasteiger partial charge in [0.25, 0.3) is 0 Å². The molecule has 3 rings (SSSR count). The van der Waals surface area contributed by atoms with Gasteiger partial charge in [-0.3, -0.25) is 4.79 Å². The molecule has 5 atom stereocenters. The first-order chi connectivity index (χ1) is 13.1. The van der Waals surface area contributed by atoms with Crippen LogP contribution in [0.3, 0.4) is 0 Å². The maximum Gasteiger partial charge on any atom is 0.392 e. The van der Waals surface area contributed by atoms with Crippen LogP contribution in [0.1, 0.15) is 38.2 Å². The quantitative estimate of drug-likeness (QED) is 0.697. The molecule has 28 heavy (non-hydrogen) atoms. The van der Waals surface area contributed by atoms with Gasteiger partial charge in [-0.2, -0.15) is 13.2 Å². The smallest absolute Gasteiger partial charge is 0.392 e. The fourth-order valence-electron chi connectivity index (χ4n) is 5.17. The van der Waals surface area contributed by atoms with Gasteiger partial charge in [0.05, 0.1) is 11.8 Å². The Hall–Kier alpha value is -1.63. The number of carbonyl (C=O) groups is 1. The van der Waals surface area contributed by atoms with Crippen molar-refractivity contribution in [2.45, 2.75) is 38.8 Å². The number of carboxylic acid groups (broad SMARTS) is 1. The van der Waals surface area contributed by atoms with E-state index in [0.29, 0.717) is 13.0 Å². The highest BCUT2D eigenvalue weighted by Crippen LogP contribution is 2.55. The summed E-state index contributed by atoms with van der Waals surface area (Å²) in [6.07, 6.45) is -3.75. The van der Waals surface area contributed by atoms with Crippen molar-refractivity contribution in [3.63, 3.8) is 0 Å². The van der Waals surface area contributed by atoms with Crippen molar-refractivity contribution < 1.29 is 27.5 Å². The third kappa shape index (κ3) is 4.50. The SMILES string of the molecule is CC(C)CC(CN1CC2C(c3ccc(F)cc3)CC(C(F)(F)F)C2C1)C(=O)O. The predicted octanol–water partition coefficient (Wildman–Crippen LogP) is 4.79. The number of hydrogen-bond acceptors (Lipinski definition) is 2.